The Bertz CT molecular complexity index is 1480. The maximum absolute atomic E-state index is 14.8. The molecule has 1 fully saturated rings. The highest BCUT2D eigenvalue weighted by Crippen LogP contribution is 2.47. The largest absolute Gasteiger partial charge is 0.573 e. The number of alkyl halides is 3. The molecule has 196 valence electrons. The lowest BCUT2D eigenvalue weighted by atomic mass is 10.0. The van der Waals surface area contributed by atoms with Gasteiger partial charge in [0, 0.05) is 23.2 Å². The van der Waals surface area contributed by atoms with Gasteiger partial charge in [0.25, 0.3) is 0 Å². The highest BCUT2D eigenvalue weighted by Gasteiger charge is 2.32. The molecule has 1 aliphatic carbocycles. The van der Waals surface area contributed by atoms with Gasteiger partial charge < -0.3 is 14.7 Å². The van der Waals surface area contributed by atoms with Gasteiger partial charge in [0.15, 0.2) is 11.6 Å². The first-order valence-corrected chi connectivity index (χ1v) is 12.0. The number of benzene rings is 3. The van der Waals surface area contributed by atoms with Crippen molar-refractivity contribution in [2.24, 2.45) is 0 Å². The van der Waals surface area contributed by atoms with Crippen molar-refractivity contribution in [2.45, 2.75) is 38.6 Å². The standard InChI is InChI=1S/C29H24F4N2O3/c1-17-13-23(14-25(30)26(17)18(2)36)38-35(16-19-7-11-22(12-8-19)37-29(31,32)33)28-27(20-9-10-20)24-6-4-3-5-21(24)15-34-28/h3-8,11-15,20,36H,2,9-10,16H2,1H3. The number of fused-ring (bicyclic) bond motifs is 1. The molecule has 0 atom stereocenters. The van der Waals surface area contributed by atoms with Gasteiger partial charge in [-0.2, -0.15) is 5.06 Å². The van der Waals surface area contributed by atoms with Crippen molar-refractivity contribution >= 4 is 22.3 Å². The summed E-state index contributed by atoms with van der Waals surface area (Å²) in [6.45, 7) is 5.14. The van der Waals surface area contributed by atoms with E-state index in [1.807, 2.05) is 24.3 Å². The van der Waals surface area contributed by atoms with Crippen LogP contribution in [0.15, 0.2) is 73.4 Å². The average Bonchev–Trinajstić information content (AvgIpc) is 3.68. The molecule has 1 N–H and O–H groups in total. The molecule has 1 aromatic heterocycles. The Morgan fingerprint density at radius 3 is 2.42 bits per heavy atom. The molecule has 1 heterocycles. The van der Waals surface area contributed by atoms with Gasteiger partial charge in [-0.05, 0) is 60.4 Å². The quantitative estimate of drug-likeness (QED) is 0.144. The Morgan fingerprint density at radius 2 is 1.79 bits per heavy atom. The predicted octanol–water partition coefficient (Wildman–Crippen LogP) is 7.99. The zero-order valence-corrected chi connectivity index (χ0v) is 20.4. The summed E-state index contributed by atoms with van der Waals surface area (Å²) < 4.78 is 56.6. The fourth-order valence-electron chi connectivity index (χ4n) is 4.52. The van der Waals surface area contributed by atoms with E-state index in [4.69, 9.17) is 9.82 Å². The SMILES string of the molecule is C=C(O)c1c(C)cc(ON(Cc2ccc(OC(F)(F)F)cc2)c2ncc3ccccc3c2C2CC2)cc1F. The molecule has 0 spiro atoms. The van der Waals surface area contributed by atoms with Crippen LogP contribution >= 0.6 is 0 Å². The summed E-state index contributed by atoms with van der Waals surface area (Å²) in [5, 5.41) is 13.3. The van der Waals surface area contributed by atoms with E-state index in [9.17, 15) is 22.7 Å². The fourth-order valence-corrected chi connectivity index (χ4v) is 4.52. The number of aromatic nitrogens is 1. The minimum absolute atomic E-state index is 0.00773. The second-order valence-corrected chi connectivity index (χ2v) is 9.22. The smallest absolute Gasteiger partial charge is 0.508 e. The molecule has 0 bridgehead atoms. The molecule has 3 aromatic carbocycles. The summed E-state index contributed by atoms with van der Waals surface area (Å²) in [6.07, 6.45) is -1.08. The number of hydroxylamine groups is 1. The van der Waals surface area contributed by atoms with E-state index in [1.165, 1.54) is 29.3 Å². The van der Waals surface area contributed by atoms with E-state index in [0.29, 0.717) is 16.9 Å². The number of anilines is 1. The molecule has 0 amide bonds. The topological polar surface area (TPSA) is 54.8 Å². The van der Waals surface area contributed by atoms with Crippen molar-refractivity contribution in [2.75, 3.05) is 5.06 Å². The number of hydrogen-bond acceptors (Lipinski definition) is 5. The molecule has 1 saturated carbocycles. The van der Waals surface area contributed by atoms with Gasteiger partial charge in [0.1, 0.15) is 17.3 Å². The number of hydrogen-bond donors (Lipinski definition) is 1. The van der Waals surface area contributed by atoms with Crippen molar-refractivity contribution in [1.29, 1.82) is 0 Å². The normalized spacial score (nSPS) is 13.4. The highest BCUT2D eigenvalue weighted by atomic mass is 19.4. The third-order valence-corrected chi connectivity index (χ3v) is 6.29. The molecule has 0 radical (unpaired) electrons. The maximum Gasteiger partial charge on any atom is 0.573 e. The lowest BCUT2D eigenvalue weighted by molar-refractivity contribution is -0.274. The van der Waals surface area contributed by atoms with E-state index in [1.54, 1.807) is 19.2 Å². The Hall–Kier alpha value is -4.27. The number of aryl methyl sites for hydroxylation is 1. The van der Waals surface area contributed by atoms with Crippen molar-refractivity contribution in [3.05, 3.63) is 102 Å². The summed E-state index contributed by atoms with van der Waals surface area (Å²) in [7, 11) is 0. The van der Waals surface area contributed by atoms with Crippen LogP contribution in [-0.2, 0) is 6.54 Å². The van der Waals surface area contributed by atoms with Crippen LogP contribution in [0, 0.1) is 12.7 Å². The Labute approximate surface area is 216 Å². The minimum Gasteiger partial charge on any atom is -0.508 e. The average molecular weight is 525 g/mol. The van der Waals surface area contributed by atoms with Gasteiger partial charge in [-0.1, -0.05) is 43.0 Å². The van der Waals surface area contributed by atoms with Crippen LogP contribution in [0.4, 0.5) is 23.4 Å². The molecule has 5 rings (SSSR count). The van der Waals surface area contributed by atoms with Crippen LogP contribution in [0.5, 0.6) is 11.5 Å². The summed E-state index contributed by atoms with van der Waals surface area (Å²) in [5.74, 6) is -0.453. The minimum atomic E-state index is -4.79. The molecule has 9 heteroatoms. The van der Waals surface area contributed by atoms with Crippen LogP contribution in [0.25, 0.3) is 16.5 Å². The first-order valence-electron chi connectivity index (χ1n) is 12.0. The molecule has 0 aliphatic heterocycles. The van der Waals surface area contributed by atoms with Crippen LogP contribution in [0.3, 0.4) is 0 Å². The number of nitrogens with zero attached hydrogens (tertiary/aromatic N) is 2. The third-order valence-electron chi connectivity index (χ3n) is 6.29. The van der Waals surface area contributed by atoms with Crippen molar-refractivity contribution < 1.29 is 32.2 Å². The van der Waals surface area contributed by atoms with Gasteiger partial charge in [-0.25, -0.2) is 9.37 Å². The van der Waals surface area contributed by atoms with Crippen molar-refractivity contribution in [1.82, 2.24) is 4.98 Å². The second kappa shape index (κ2) is 9.89. The molecule has 4 aromatic rings. The zero-order valence-electron chi connectivity index (χ0n) is 20.4. The summed E-state index contributed by atoms with van der Waals surface area (Å²) in [5.41, 5.74) is 2.04. The van der Waals surface area contributed by atoms with Gasteiger partial charge in [0.05, 0.1) is 12.1 Å². The fraction of sp³-hybridized carbons (Fsp3) is 0.207. The lowest BCUT2D eigenvalue weighted by Crippen LogP contribution is -2.29. The third kappa shape index (κ3) is 5.51. The van der Waals surface area contributed by atoms with Crippen LogP contribution in [-0.4, -0.2) is 16.5 Å². The Kier molecular flexibility index (Phi) is 6.60. The number of halogens is 4. The molecular weight excluding hydrogens is 500 g/mol. The number of pyridine rings is 1. The highest BCUT2D eigenvalue weighted by molar-refractivity contribution is 5.89. The van der Waals surface area contributed by atoms with E-state index in [0.717, 1.165) is 35.2 Å². The number of rotatable bonds is 8. The maximum atomic E-state index is 14.8. The van der Waals surface area contributed by atoms with Gasteiger partial charge in [-0.3, -0.25) is 0 Å². The monoisotopic (exact) mass is 524 g/mol. The molecule has 0 unspecified atom stereocenters. The van der Waals surface area contributed by atoms with E-state index < -0.39 is 17.9 Å². The van der Waals surface area contributed by atoms with E-state index >= 15 is 0 Å². The molecule has 38 heavy (non-hydrogen) atoms. The number of aliphatic hydroxyl groups excluding tert-OH is 1. The Balaban J connectivity index is 1.55. The first kappa shape index (κ1) is 25.4. The van der Waals surface area contributed by atoms with Gasteiger partial charge in [0.2, 0.25) is 0 Å². The van der Waals surface area contributed by atoms with Gasteiger partial charge in [-0.15, -0.1) is 13.2 Å². The molecule has 5 nitrogen and oxygen atoms in total. The Morgan fingerprint density at radius 1 is 1.08 bits per heavy atom. The van der Waals surface area contributed by atoms with Crippen LogP contribution in [0.2, 0.25) is 0 Å². The van der Waals surface area contributed by atoms with E-state index in [2.05, 4.69) is 11.3 Å². The molecule has 0 saturated heterocycles. The molecule has 1 aliphatic rings. The molecular formula is C29H24F4N2O3. The second-order valence-electron chi connectivity index (χ2n) is 9.22. The summed E-state index contributed by atoms with van der Waals surface area (Å²) >= 11 is 0. The lowest BCUT2D eigenvalue weighted by Gasteiger charge is -2.27. The van der Waals surface area contributed by atoms with Crippen LogP contribution < -0.4 is 14.6 Å². The van der Waals surface area contributed by atoms with Crippen LogP contribution in [0.1, 0.15) is 41.0 Å². The van der Waals surface area contributed by atoms with Gasteiger partial charge >= 0.3 is 6.36 Å². The predicted molar refractivity (Wildman–Crippen MR) is 136 cm³/mol. The summed E-state index contributed by atoms with van der Waals surface area (Å²) in [4.78, 5) is 10.9. The number of aliphatic hydroxyl groups is 1. The summed E-state index contributed by atoms with van der Waals surface area (Å²) in [6, 6.07) is 16.0. The number of ether oxygens (including phenoxy) is 1. The van der Waals surface area contributed by atoms with Crippen molar-refractivity contribution in [3.63, 3.8) is 0 Å². The first-order chi connectivity index (χ1) is 18.1. The van der Waals surface area contributed by atoms with Crippen molar-refractivity contribution in [3.8, 4) is 11.5 Å². The zero-order chi connectivity index (χ0) is 27.0. The van der Waals surface area contributed by atoms with E-state index in [-0.39, 0.29) is 29.5 Å².